The first-order valence-corrected chi connectivity index (χ1v) is 6.27. The lowest BCUT2D eigenvalue weighted by atomic mass is 10.1. The molecule has 0 saturated heterocycles. The number of hydrogen-bond donors (Lipinski definition) is 2. The van der Waals surface area contributed by atoms with E-state index in [1.165, 1.54) is 12.1 Å². The Morgan fingerprint density at radius 3 is 2.50 bits per heavy atom. The lowest BCUT2D eigenvalue weighted by Crippen LogP contribution is -2.18. The largest absolute Gasteiger partial charge is 0.490 e. The van der Waals surface area contributed by atoms with E-state index in [9.17, 15) is 13.2 Å². The highest BCUT2D eigenvalue weighted by Crippen LogP contribution is 2.38. The lowest BCUT2D eigenvalue weighted by molar-refractivity contribution is -0.139. The molecule has 0 radical (unpaired) electrons. The minimum Gasteiger partial charge on any atom is -0.490 e. The second-order valence-corrected chi connectivity index (χ2v) is 4.72. The second-order valence-electron chi connectivity index (χ2n) is 4.72. The van der Waals surface area contributed by atoms with Gasteiger partial charge in [-0.15, -0.1) is 0 Å². The van der Waals surface area contributed by atoms with Gasteiger partial charge in [0.2, 0.25) is 0 Å². The molecule has 20 heavy (non-hydrogen) atoms. The van der Waals surface area contributed by atoms with E-state index in [1.807, 2.05) is 0 Å². The molecule has 1 aromatic rings. The minimum atomic E-state index is -4.56. The van der Waals surface area contributed by atoms with Crippen LogP contribution in [0.5, 0.6) is 5.75 Å². The molecular weight excluding hydrogens is 273 g/mol. The van der Waals surface area contributed by atoms with Gasteiger partial charge in [-0.25, -0.2) is 0 Å². The Bertz CT molecular complexity index is 509. The number of oxime groups is 1. The fourth-order valence-corrected chi connectivity index (χ4v) is 2.26. The number of benzene rings is 1. The van der Waals surface area contributed by atoms with Crippen molar-refractivity contribution in [1.82, 2.24) is 0 Å². The summed E-state index contributed by atoms with van der Waals surface area (Å²) in [6, 6.07) is 3.39. The Kier molecular flexibility index (Phi) is 4.06. The molecule has 1 fully saturated rings. The molecule has 0 aliphatic heterocycles. The maximum atomic E-state index is 13.0. The van der Waals surface area contributed by atoms with Gasteiger partial charge in [0.15, 0.2) is 5.84 Å². The van der Waals surface area contributed by atoms with Crippen molar-refractivity contribution in [2.24, 2.45) is 10.9 Å². The van der Waals surface area contributed by atoms with Gasteiger partial charge in [-0.1, -0.05) is 5.16 Å². The number of amidine groups is 1. The third-order valence-electron chi connectivity index (χ3n) is 3.28. The van der Waals surface area contributed by atoms with E-state index in [0.717, 1.165) is 31.7 Å². The first kappa shape index (κ1) is 14.5. The number of rotatable bonds is 3. The Hall–Kier alpha value is -1.92. The number of nitrogens with two attached hydrogens (primary N) is 1. The van der Waals surface area contributed by atoms with Crippen molar-refractivity contribution < 1.29 is 23.1 Å². The number of halogens is 3. The summed E-state index contributed by atoms with van der Waals surface area (Å²) in [5.74, 6) is -0.582. The van der Waals surface area contributed by atoms with Crippen LogP contribution >= 0.6 is 0 Å². The van der Waals surface area contributed by atoms with Crippen molar-refractivity contribution in [3.8, 4) is 5.75 Å². The fourth-order valence-electron chi connectivity index (χ4n) is 2.26. The first-order chi connectivity index (χ1) is 9.41. The van der Waals surface area contributed by atoms with Crippen molar-refractivity contribution >= 4 is 5.84 Å². The second kappa shape index (κ2) is 5.60. The van der Waals surface area contributed by atoms with Crippen molar-refractivity contribution in [2.75, 3.05) is 0 Å². The van der Waals surface area contributed by atoms with Gasteiger partial charge in [-0.3, -0.25) is 0 Å². The Labute approximate surface area is 114 Å². The molecule has 0 heterocycles. The van der Waals surface area contributed by atoms with Crippen molar-refractivity contribution in [3.05, 3.63) is 29.3 Å². The van der Waals surface area contributed by atoms with E-state index in [0.29, 0.717) is 0 Å². The van der Waals surface area contributed by atoms with Crippen LogP contribution in [0.15, 0.2) is 23.4 Å². The molecule has 2 rings (SSSR count). The summed E-state index contributed by atoms with van der Waals surface area (Å²) in [5, 5.41) is 11.2. The quantitative estimate of drug-likeness (QED) is 0.388. The molecule has 1 aromatic carbocycles. The third-order valence-corrected chi connectivity index (χ3v) is 3.28. The van der Waals surface area contributed by atoms with Gasteiger partial charge in [-0.05, 0) is 43.9 Å². The van der Waals surface area contributed by atoms with E-state index >= 15 is 0 Å². The van der Waals surface area contributed by atoms with E-state index in [-0.39, 0.29) is 23.3 Å². The summed E-state index contributed by atoms with van der Waals surface area (Å²) in [4.78, 5) is 0. The molecule has 0 spiro atoms. The van der Waals surface area contributed by atoms with E-state index in [1.54, 1.807) is 0 Å². The van der Waals surface area contributed by atoms with E-state index in [2.05, 4.69) is 5.16 Å². The van der Waals surface area contributed by atoms with Crippen LogP contribution in [-0.4, -0.2) is 17.1 Å². The van der Waals surface area contributed by atoms with Crippen LogP contribution in [0.4, 0.5) is 13.2 Å². The number of alkyl halides is 3. The summed E-state index contributed by atoms with van der Waals surface area (Å²) in [6.45, 7) is 0. The Morgan fingerprint density at radius 2 is 1.95 bits per heavy atom. The van der Waals surface area contributed by atoms with Gasteiger partial charge in [0, 0.05) is 5.56 Å². The first-order valence-electron chi connectivity index (χ1n) is 6.27. The summed E-state index contributed by atoms with van der Waals surface area (Å²) in [6.07, 6.45) is -1.27. The predicted octanol–water partition coefficient (Wildman–Crippen LogP) is 3.12. The normalized spacial score (nSPS) is 17.4. The summed E-state index contributed by atoms with van der Waals surface area (Å²) < 4.78 is 44.6. The minimum absolute atomic E-state index is 0.00130. The highest BCUT2D eigenvalue weighted by molar-refractivity contribution is 5.97. The maximum Gasteiger partial charge on any atom is 0.419 e. The van der Waals surface area contributed by atoms with Crippen molar-refractivity contribution in [1.29, 1.82) is 0 Å². The van der Waals surface area contributed by atoms with Gasteiger partial charge in [0.05, 0.1) is 11.7 Å². The molecule has 0 unspecified atom stereocenters. The topological polar surface area (TPSA) is 67.8 Å². The van der Waals surface area contributed by atoms with Crippen LogP contribution in [0, 0.1) is 0 Å². The zero-order chi connectivity index (χ0) is 14.8. The standard InChI is InChI=1S/C13H15F3N2O2/c14-13(15,16)10-7-8(12(17)18-19)5-6-11(10)20-9-3-1-2-4-9/h5-7,9,19H,1-4H2,(H2,17,18). The molecule has 1 aliphatic rings. The van der Waals surface area contributed by atoms with Crippen LogP contribution in [0.1, 0.15) is 36.8 Å². The molecular formula is C13H15F3N2O2. The molecule has 0 amide bonds. The van der Waals surface area contributed by atoms with Crippen molar-refractivity contribution in [3.63, 3.8) is 0 Å². The van der Waals surface area contributed by atoms with Gasteiger partial charge in [0.1, 0.15) is 5.75 Å². The summed E-state index contributed by atoms with van der Waals surface area (Å²) in [5.41, 5.74) is 4.40. The third kappa shape index (κ3) is 3.15. The highest BCUT2D eigenvalue weighted by Gasteiger charge is 2.35. The van der Waals surface area contributed by atoms with Gasteiger partial charge in [0.25, 0.3) is 0 Å². The van der Waals surface area contributed by atoms with E-state index in [4.69, 9.17) is 15.7 Å². The molecule has 7 heteroatoms. The molecule has 1 saturated carbocycles. The maximum absolute atomic E-state index is 13.0. The summed E-state index contributed by atoms with van der Waals surface area (Å²) >= 11 is 0. The monoisotopic (exact) mass is 288 g/mol. The van der Waals surface area contributed by atoms with Gasteiger partial charge in [-0.2, -0.15) is 13.2 Å². The zero-order valence-corrected chi connectivity index (χ0v) is 10.7. The molecule has 0 aromatic heterocycles. The van der Waals surface area contributed by atoms with Gasteiger partial charge >= 0.3 is 6.18 Å². The molecule has 110 valence electrons. The Morgan fingerprint density at radius 1 is 1.30 bits per heavy atom. The van der Waals surface area contributed by atoms with Crippen molar-refractivity contribution in [2.45, 2.75) is 38.0 Å². The fraction of sp³-hybridized carbons (Fsp3) is 0.462. The summed E-state index contributed by atoms with van der Waals surface area (Å²) in [7, 11) is 0. The number of nitrogens with zero attached hydrogens (tertiary/aromatic N) is 1. The highest BCUT2D eigenvalue weighted by atomic mass is 19.4. The number of ether oxygens (including phenoxy) is 1. The SMILES string of the molecule is N/C(=N/O)c1ccc(OC2CCCC2)c(C(F)(F)F)c1. The van der Waals surface area contributed by atoms with Crippen LogP contribution in [0.25, 0.3) is 0 Å². The molecule has 0 atom stereocenters. The van der Waals surface area contributed by atoms with Crippen LogP contribution in [-0.2, 0) is 6.18 Å². The van der Waals surface area contributed by atoms with Gasteiger partial charge < -0.3 is 15.7 Å². The molecule has 4 nitrogen and oxygen atoms in total. The van der Waals surface area contributed by atoms with E-state index < -0.39 is 11.7 Å². The van der Waals surface area contributed by atoms with Crippen LogP contribution < -0.4 is 10.5 Å². The smallest absolute Gasteiger partial charge is 0.419 e. The molecule has 0 bridgehead atoms. The van der Waals surface area contributed by atoms with Crippen LogP contribution in [0.2, 0.25) is 0 Å². The lowest BCUT2D eigenvalue weighted by Gasteiger charge is -2.18. The predicted molar refractivity (Wildman–Crippen MR) is 66.8 cm³/mol. The molecule has 1 aliphatic carbocycles. The average molecular weight is 288 g/mol. The zero-order valence-electron chi connectivity index (χ0n) is 10.7. The molecule has 3 N–H and O–H groups in total. The Balaban J connectivity index is 2.35. The number of hydrogen-bond acceptors (Lipinski definition) is 3. The van der Waals surface area contributed by atoms with Crippen LogP contribution in [0.3, 0.4) is 0 Å². The average Bonchev–Trinajstić information content (AvgIpc) is 2.90.